The maximum absolute atomic E-state index is 12.3. The van der Waals surface area contributed by atoms with E-state index < -0.39 is 0 Å². The SMILES string of the molecule is CC(C)c1ccc(OCc2nnc(SCC(=O)N[C@H]3CCCC[C@@H]3C)n2C)cc1. The Balaban J connectivity index is 1.48. The fourth-order valence-electron chi connectivity index (χ4n) is 3.60. The molecule has 3 rings (SSSR count). The van der Waals surface area contributed by atoms with Gasteiger partial charge in [-0.3, -0.25) is 4.79 Å². The molecule has 0 radical (unpaired) electrons. The minimum absolute atomic E-state index is 0.0693. The normalized spacial score (nSPS) is 19.3. The molecule has 1 aliphatic carbocycles. The van der Waals surface area contributed by atoms with Crippen LogP contribution in [0.25, 0.3) is 0 Å². The molecule has 2 atom stereocenters. The largest absolute Gasteiger partial charge is 0.486 e. The highest BCUT2D eigenvalue weighted by molar-refractivity contribution is 7.99. The van der Waals surface area contributed by atoms with Gasteiger partial charge in [-0.15, -0.1) is 10.2 Å². The third-order valence-electron chi connectivity index (χ3n) is 5.63. The van der Waals surface area contributed by atoms with Crippen LogP contribution >= 0.6 is 11.8 Å². The van der Waals surface area contributed by atoms with Gasteiger partial charge in [-0.2, -0.15) is 0 Å². The second kappa shape index (κ2) is 10.1. The maximum Gasteiger partial charge on any atom is 0.230 e. The van der Waals surface area contributed by atoms with Crippen molar-refractivity contribution >= 4 is 17.7 Å². The molecular formula is C22H32N4O2S. The van der Waals surface area contributed by atoms with E-state index in [-0.39, 0.29) is 5.91 Å². The Hall–Kier alpha value is -2.02. The number of carbonyl (C=O) groups is 1. The Morgan fingerprint density at radius 2 is 1.97 bits per heavy atom. The molecule has 0 saturated heterocycles. The molecule has 7 heteroatoms. The Bertz CT molecular complexity index is 804. The summed E-state index contributed by atoms with van der Waals surface area (Å²) in [6.45, 7) is 6.91. The molecule has 1 amide bonds. The summed E-state index contributed by atoms with van der Waals surface area (Å²) in [4.78, 5) is 12.3. The number of thioether (sulfide) groups is 1. The Labute approximate surface area is 177 Å². The zero-order valence-corrected chi connectivity index (χ0v) is 18.7. The fraction of sp³-hybridized carbons (Fsp3) is 0.591. The van der Waals surface area contributed by atoms with E-state index in [0.717, 1.165) is 23.2 Å². The van der Waals surface area contributed by atoms with E-state index in [9.17, 15) is 4.79 Å². The molecule has 2 aromatic rings. The molecule has 1 heterocycles. The summed E-state index contributed by atoms with van der Waals surface area (Å²) in [5.74, 6) is 3.04. The minimum atomic E-state index is 0.0693. The summed E-state index contributed by atoms with van der Waals surface area (Å²) in [5.41, 5.74) is 1.29. The van der Waals surface area contributed by atoms with Crippen molar-refractivity contribution in [1.29, 1.82) is 0 Å². The first-order valence-corrected chi connectivity index (χ1v) is 11.5. The van der Waals surface area contributed by atoms with Gasteiger partial charge in [0.1, 0.15) is 12.4 Å². The molecule has 0 unspecified atom stereocenters. The summed E-state index contributed by atoms with van der Waals surface area (Å²) in [7, 11) is 1.91. The second-order valence-corrected chi connectivity index (χ2v) is 9.14. The molecule has 29 heavy (non-hydrogen) atoms. The third kappa shape index (κ3) is 5.98. The third-order valence-corrected chi connectivity index (χ3v) is 6.65. The topological polar surface area (TPSA) is 69.0 Å². The number of benzene rings is 1. The Morgan fingerprint density at radius 3 is 2.66 bits per heavy atom. The lowest BCUT2D eigenvalue weighted by molar-refractivity contribution is -0.119. The van der Waals surface area contributed by atoms with Crippen LogP contribution in [0.2, 0.25) is 0 Å². The van der Waals surface area contributed by atoms with Crippen LogP contribution in [0.4, 0.5) is 0 Å². The van der Waals surface area contributed by atoms with E-state index in [1.165, 1.54) is 36.6 Å². The predicted molar refractivity (Wildman–Crippen MR) is 116 cm³/mol. The van der Waals surface area contributed by atoms with Crippen LogP contribution in [-0.2, 0) is 18.4 Å². The predicted octanol–water partition coefficient (Wildman–Crippen LogP) is 4.30. The molecule has 1 saturated carbocycles. The first-order valence-electron chi connectivity index (χ1n) is 10.5. The average molecular weight is 417 g/mol. The van der Waals surface area contributed by atoms with E-state index in [1.807, 2.05) is 23.7 Å². The molecule has 158 valence electrons. The lowest BCUT2D eigenvalue weighted by Gasteiger charge is -2.29. The monoisotopic (exact) mass is 416 g/mol. The van der Waals surface area contributed by atoms with Gasteiger partial charge in [0.25, 0.3) is 0 Å². The van der Waals surface area contributed by atoms with Gasteiger partial charge in [-0.25, -0.2) is 0 Å². The van der Waals surface area contributed by atoms with E-state index >= 15 is 0 Å². The number of amides is 1. The first kappa shape index (κ1) is 21.7. The second-order valence-electron chi connectivity index (χ2n) is 8.19. The molecule has 0 aliphatic heterocycles. The zero-order valence-electron chi connectivity index (χ0n) is 17.9. The van der Waals surface area contributed by atoms with Crippen LogP contribution < -0.4 is 10.1 Å². The highest BCUT2D eigenvalue weighted by Gasteiger charge is 2.23. The summed E-state index contributed by atoms with van der Waals surface area (Å²) < 4.78 is 7.74. The van der Waals surface area contributed by atoms with Crippen molar-refractivity contribution in [2.45, 2.75) is 70.2 Å². The van der Waals surface area contributed by atoms with Crippen LogP contribution in [-0.4, -0.2) is 32.5 Å². The summed E-state index contributed by atoms with van der Waals surface area (Å²) in [5, 5.41) is 12.3. The van der Waals surface area contributed by atoms with Crippen molar-refractivity contribution in [2.24, 2.45) is 13.0 Å². The number of ether oxygens (including phenoxy) is 1. The van der Waals surface area contributed by atoms with E-state index in [0.29, 0.717) is 30.2 Å². The number of hydrogen-bond donors (Lipinski definition) is 1. The Kier molecular flexibility index (Phi) is 7.58. The first-order chi connectivity index (χ1) is 13.9. The average Bonchev–Trinajstić information content (AvgIpc) is 3.06. The van der Waals surface area contributed by atoms with Crippen LogP contribution in [0.3, 0.4) is 0 Å². The van der Waals surface area contributed by atoms with Crippen LogP contribution in [0.5, 0.6) is 5.75 Å². The van der Waals surface area contributed by atoms with Gasteiger partial charge in [0.15, 0.2) is 11.0 Å². The highest BCUT2D eigenvalue weighted by atomic mass is 32.2. The Morgan fingerprint density at radius 1 is 1.24 bits per heavy atom. The number of nitrogens with zero attached hydrogens (tertiary/aromatic N) is 3. The summed E-state index contributed by atoms with van der Waals surface area (Å²) >= 11 is 1.41. The number of hydrogen-bond acceptors (Lipinski definition) is 5. The summed E-state index contributed by atoms with van der Waals surface area (Å²) in [6, 6.07) is 8.45. The van der Waals surface area contributed by atoms with Gasteiger partial charge in [0.05, 0.1) is 5.75 Å². The van der Waals surface area contributed by atoms with Crippen LogP contribution in [0, 0.1) is 5.92 Å². The van der Waals surface area contributed by atoms with Gasteiger partial charge < -0.3 is 14.6 Å². The van der Waals surface area contributed by atoms with E-state index in [4.69, 9.17) is 4.74 Å². The van der Waals surface area contributed by atoms with Gasteiger partial charge in [-0.1, -0.05) is 57.5 Å². The van der Waals surface area contributed by atoms with Crippen molar-refractivity contribution in [3.63, 3.8) is 0 Å². The highest BCUT2D eigenvalue weighted by Crippen LogP contribution is 2.24. The van der Waals surface area contributed by atoms with E-state index in [1.54, 1.807) is 0 Å². The van der Waals surface area contributed by atoms with Crippen molar-refractivity contribution in [2.75, 3.05) is 5.75 Å². The summed E-state index contributed by atoms with van der Waals surface area (Å²) in [6.07, 6.45) is 4.76. The minimum Gasteiger partial charge on any atom is -0.486 e. The van der Waals surface area contributed by atoms with Gasteiger partial charge >= 0.3 is 0 Å². The molecule has 1 N–H and O–H groups in total. The quantitative estimate of drug-likeness (QED) is 0.650. The van der Waals surface area contributed by atoms with Crippen molar-refractivity contribution in [3.8, 4) is 5.75 Å². The van der Waals surface area contributed by atoms with Crippen molar-refractivity contribution in [3.05, 3.63) is 35.7 Å². The van der Waals surface area contributed by atoms with Gasteiger partial charge in [0.2, 0.25) is 5.91 Å². The molecule has 1 fully saturated rings. The number of rotatable bonds is 8. The molecule has 1 aromatic heterocycles. The lowest BCUT2D eigenvalue weighted by Crippen LogP contribution is -2.41. The van der Waals surface area contributed by atoms with Crippen LogP contribution in [0.15, 0.2) is 29.4 Å². The van der Waals surface area contributed by atoms with Crippen molar-refractivity contribution < 1.29 is 9.53 Å². The number of aromatic nitrogens is 3. The number of carbonyl (C=O) groups excluding carboxylic acids is 1. The van der Waals surface area contributed by atoms with Gasteiger partial charge in [-0.05, 0) is 42.4 Å². The van der Waals surface area contributed by atoms with Crippen molar-refractivity contribution in [1.82, 2.24) is 20.1 Å². The van der Waals surface area contributed by atoms with Crippen LogP contribution in [0.1, 0.15) is 63.8 Å². The number of nitrogens with one attached hydrogen (secondary N) is 1. The molecule has 6 nitrogen and oxygen atoms in total. The van der Waals surface area contributed by atoms with E-state index in [2.05, 4.69) is 48.4 Å². The molecule has 0 bridgehead atoms. The molecule has 1 aromatic carbocycles. The smallest absolute Gasteiger partial charge is 0.230 e. The maximum atomic E-state index is 12.3. The molecular weight excluding hydrogens is 384 g/mol. The van der Waals surface area contributed by atoms with Gasteiger partial charge in [0, 0.05) is 13.1 Å². The molecule has 0 spiro atoms. The fourth-order valence-corrected chi connectivity index (χ4v) is 4.34. The molecule has 1 aliphatic rings. The standard InChI is InChI=1S/C22H32N4O2S/c1-15(2)17-9-11-18(12-10-17)28-13-20-24-25-22(26(20)4)29-14-21(27)23-19-8-6-5-7-16(19)3/h9-12,15-16,19H,5-8,13-14H2,1-4H3,(H,23,27)/t16-,19-/m0/s1. The zero-order chi connectivity index (χ0) is 20.8. The lowest BCUT2D eigenvalue weighted by atomic mass is 9.86.